The minimum absolute atomic E-state index is 0.0653. The van der Waals surface area contributed by atoms with Crippen molar-refractivity contribution in [1.82, 2.24) is 15.0 Å². The van der Waals surface area contributed by atoms with Crippen molar-refractivity contribution < 1.29 is 0 Å². The quantitative estimate of drug-likeness (QED) is 0.850. The highest BCUT2D eigenvalue weighted by Gasteiger charge is 2.20. The summed E-state index contributed by atoms with van der Waals surface area (Å²) < 4.78 is 0. The highest BCUT2D eigenvalue weighted by Crippen LogP contribution is 2.36. The minimum atomic E-state index is -0.0653. The van der Waals surface area contributed by atoms with E-state index in [2.05, 4.69) is 20.3 Å². The van der Waals surface area contributed by atoms with Crippen molar-refractivity contribution in [1.29, 1.82) is 0 Å². The van der Waals surface area contributed by atoms with Gasteiger partial charge in [-0.05, 0) is 37.1 Å². The largest absolute Gasteiger partial charge is 0.365 e. The van der Waals surface area contributed by atoms with Gasteiger partial charge in [0.15, 0.2) is 0 Å². The van der Waals surface area contributed by atoms with Gasteiger partial charge < -0.3 is 10.3 Å². The van der Waals surface area contributed by atoms with Gasteiger partial charge >= 0.3 is 0 Å². The first kappa shape index (κ1) is 14.4. The van der Waals surface area contributed by atoms with Crippen LogP contribution in [0.4, 0.5) is 5.82 Å². The first-order chi connectivity index (χ1) is 10.0. The van der Waals surface area contributed by atoms with Crippen molar-refractivity contribution in [2.45, 2.75) is 31.7 Å². The zero-order chi connectivity index (χ0) is 15.0. The maximum absolute atomic E-state index is 12.0. The molecule has 0 amide bonds. The van der Waals surface area contributed by atoms with Crippen LogP contribution in [0.5, 0.6) is 0 Å². The van der Waals surface area contributed by atoms with Crippen LogP contribution in [0.1, 0.15) is 22.5 Å². The summed E-state index contributed by atoms with van der Waals surface area (Å²) in [7, 11) is 0. The molecule has 2 aromatic rings. The number of nitrogens with one attached hydrogen (secondary N) is 2. The van der Waals surface area contributed by atoms with E-state index in [0.29, 0.717) is 17.9 Å². The van der Waals surface area contributed by atoms with Gasteiger partial charge in [-0.3, -0.25) is 4.79 Å². The summed E-state index contributed by atoms with van der Waals surface area (Å²) in [4.78, 5) is 24.4. The maximum Gasteiger partial charge on any atom is 0.253 e. The fourth-order valence-electron chi connectivity index (χ4n) is 2.43. The molecule has 7 heteroatoms. The van der Waals surface area contributed by atoms with Crippen molar-refractivity contribution in [3.63, 3.8) is 0 Å². The highest BCUT2D eigenvalue weighted by atomic mass is 35.5. The highest BCUT2D eigenvalue weighted by molar-refractivity contribution is 7.99. The molecule has 110 valence electrons. The van der Waals surface area contributed by atoms with Crippen molar-refractivity contribution in [2.24, 2.45) is 0 Å². The average Bonchev–Trinajstić information content (AvgIpc) is 2.85. The van der Waals surface area contributed by atoms with Crippen LogP contribution >= 0.6 is 23.4 Å². The second kappa shape index (κ2) is 5.69. The number of nitrogens with zero attached hydrogens (tertiary/aromatic N) is 2. The van der Waals surface area contributed by atoms with Crippen LogP contribution in [0, 0.1) is 13.8 Å². The predicted octanol–water partition coefficient (Wildman–Crippen LogP) is 2.70. The van der Waals surface area contributed by atoms with E-state index >= 15 is 0 Å². The third-order valence-electron chi connectivity index (χ3n) is 3.42. The Bertz CT molecular complexity index is 759. The fourth-order valence-corrected chi connectivity index (χ4v) is 3.69. The van der Waals surface area contributed by atoms with E-state index in [1.807, 2.05) is 19.9 Å². The number of fused-ring (bicyclic) bond motifs is 1. The molecule has 0 spiro atoms. The van der Waals surface area contributed by atoms with Crippen molar-refractivity contribution in [3.8, 4) is 0 Å². The van der Waals surface area contributed by atoms with E-state index in [4.69, 9.17) is 11.6 Å². The lowest BCUT2D eigenvalue weighted by molar-refractivity contribution is 0.948. The second-order valence-electron chi connectivity index (χ2n) is 5.01. The molecular weight excluding hydrogens is 308 g/mol. The molecule has 0 fully saturated rings. The fraction of sp³-hybridized carbons (Fsp3) is 0.357. The summed E-state index contributed by atoms with van der Waals surface area (Å²) in [5.41, 5.74) is 3.46. The van der Waals surface area contributed by atoms with Crippen molar-refractivity contribution in [3.05, 3.63) is 44.2 Å². The molecule has 3 heterocycles. The Morgan fingerprint density at radius 1 is 1.43 bits per heavy atom. The van der Waals surface area contributed by atoms with Crippen LogP contribution in [0.2, 0.25) is 5.28 Å². The summed E-state index contributed by atoms with van der Waals surface area (Å²) >= 11 is 7.67. The summed E-state index contributed by atoms with van der Waals surface area (Å²) in [6.07, 6.45) is 0.904. The molecule has 2 aromatic heterocycles. The molecule has 0 aliphatic carbocycles. The van der Waals surface area contributed by atoms with Crippen LogP contribution in [0.3, 0.4) is 0 Å². The van der Waals surface area contributed by atoms with Crippen LogP contribution in [-0.4, -0.2) is 20.7 Å². The topological polar surface area (TPSA) is 70.7 Å². The van der Waals surface area contributed by atoms with Gasteiger partial charge in [0.05, 0.1) is 10.6 Å². The van der Waals surface area contributed by atoms with E-state index in [1.165, 1.54) is 0 Å². The van der Waals surface area contributed by atoms with Crippen LogP contribution in [0.15, 0.2) is 15.8 Å². The molecule has 1 aliphatic heterocycles. The van der Waals surface area contributed by atoms with Crippen LogP contribution < -0.4 is 10.9 Å². The SMILES string of the molecule is Cc1cc(C)c(CNc2nc(Cl)nc3c2SCC3)c(=O)[nH]1. The van der Waals surface area contributed by atoms with Crippen LogP contribution in [-0.2, 0) is 13.0 Å². The maximum atomic E-state index is 12.0. The number of hydrogen-bond acceptors (Lipinski definition) is 5. The minimum Gasteiger partial charge on any atom is -0.365 e. The first-order valence-electron chi connectivity index (χ1n) is 6.67. The number of aryl methyl sites for hydroxylation is 3. The Labute approximate surface area is 131 Å². The van der Waals surface area contributed by atoms with Gasteiger partial charge in [0.1, 0.15) is 5.82 Å². The lowest BCUT2D eigenvalue weighted by atomic mass is 10.1. The Morgan fingerprint density at radius 2 is 2.24 bits per heavy atom. The molecular formula is C14H15ClN4OS. The molecule has 0 aromatic carbocycles. The Hall–Kier alpha value is -1.53. The molecule has 21 heavy (non-hydrogen) atoms. The van der Waals surface area contributed by atoms with Gasteiger partial charge in [0.25, 0.3) is 5.56 Å². The molecule has 0 radical (unpaired) electrons. The number of pyridine rings is 1. The van der Waals surface area contributed by atoms with E-state index in [0.717, 1.165) is 34.0 Å². The third kappa shape index (κ3) is 2.91. The number of hydrogen-bond donors (Lipinski definition) is 2. The zero-order valence-corrected chi connectivity index (χ0v) is 13.4. The summed E-state index contributed by atoms with van der Waals surface area (Å²) in [5, 5.41) is 3.47. The molecule has 0 saturated carbocycles. The number of H-pyrrole nitrogens is 1. The van der Waals surface area contributed by atoms with E-state index in [-0.39, 0.29) is 10.8 Å². The summed E-state index contributed by atoms with van der Waals surface area (Å²) in [6.45, 7) is 4.23. The van der Waals surface area contributed by atoms with Gasteiger partial charge in [-0.2, -0.15) is 4.98 Å². The lowest BCUT2D eigenvalue weighted by Gasteiger charge is -2.11. The van der Waals surface area contributed by atoms with Crippen molar-refractivity contribution in [2.75, 3.05) is 11.1 Å². The monoisotopic (exact) mass is 322 g/mol. The zero-order valence-electron chi connectivity index (χ0n) is 11.8. The predicted molar refractivity (Wildman–Crippen MR) is 85.3 cm³/mol. The van der Waals surface area contributed by atoms with E-state index in [9.17, 15) is 4.79 Å². The molecule has 0 unspecified atom stereocenters. The standard InChI is InChI=1S/C14H15ClN4OS/c1-7-5-8(2)17-13(20)9(7)6-16-12-11-10(3-4-21-11)18-14(15)19-12/h5H,3-4,6H2,1-2H3,(H,17,20)(H,16,18,19). The molecule has 5 nitrogen and oxygen atoms in total. The number of halogens is 1. The molecule has 2 N–H and O–H groups in total. The average molecular weight is 323 g/mol. The Morgan fingerprint density at radius 3 is 3.00 bits per heavy atom. The number of aromatic nitrogens is 3. The smallest absolute Gasteiger partial charge is 0.253 e. The van der Waals surface area contributed by atoms with Crippen LogP contribution in [0.25, 0.3) is 0 Å². The first-order valence-corrected chi connectivity index (χ1v) is 8.03. The number of anilines is 1. The number of thioether (sulfide) groups is 1. The molecule has 0 atom stereocenters. The third-order valence-corrected chi connectivity index (χ3v) is 4.72. The second-order valence-corrected chi connectivity index (χ2v) is 6.46. The molecule has 3 rings (SSSR count). The Balaban J connectivity index is 1.88. The normalized spacial score (nSPS) is 13.3. The van der Waals surface area contributed by atoms with Gasteiger partial charge in [0.2, 0.25) is 5.28 Å². The summed E-state index contributed by atoms with van der Waals surface area (Å²) in [6, 6.07) is 1.96. The van der Waals surface area contributed by atoms with Gasteiger partial charge in [-0.1, -0.05) is 0 Å². The molecule has 0 bridgehead atoms. The van der Waals surface area contributed by atoms with Gasteiger partial charge in [-0.25, -0.2) is 4.98 Å². The number of aromatic amines is 1. The van der Waals surface area contributed by atoms with Gasteiger partial charge in [-0.15, -0.1) is 11.8 Å². The molecule has 1 aliphatic rings. The van der Waals surface area contributed by atoms with E-state index in [1.54, 1.807) is 11.8 Å². The molecule has 0 saturated heterocycles. The lowest BCUT2D eigenvalue weighted by Crippen LogP contribution is -2.19. The Kier molecular flexibility index (Phi) is 3.91. The van der Waals surface area contributed by atoms with Gasteiger partial charge in [0, 0.05) is 30.0 Å². The number of rotatable bonds is 3. The van der Waals surface area contributed by atoms with Crippen molar-refractivity contribution >= 4 is 29.2 Å². The summed E-state index contributed by atoms with van der Waals surface area (Å²) in [5.74, 6) is 1.70. The van der Waals surface area contributed by atoms with E-state index < -0.39 is 0 Å².